The summed E-state index contributed by atoms with van der Waals surface area (Å²) in [6, 6.07) is 18.0. The van der Waals surface area contributed by atoms with Crippen LogP contribution in [0.1, 0.15) is 42.9 Å². The van der Waals surface area contributed by atoms with Gasteiger partial charge in [0.2, 0.25) is 0 Å². The number of likely N-dealkylation sites (tertiary alicyclic amines) is 1. The second kappa shape index (κ2) is 10.00. The molecule has 0 saturated carbocycles. The van der Waals surface area contributed by atoms with Crippen molar-refractivity contribution in [2.45, 2.75) is 50.8 Å². The van der Waals surface area contributed by atoms with E-state index < -0.39 is 0 Å². The van der Waals surface area contributed by atoms with Gasteiger partial charge in [0.1, 0.15) is 0 Å². The van der Waals surface area contributed by atoms with Crippen molar-refractivity contribution < 1.29 is 0 Å². The SMILES string of the molecule is Cc1ccc2c(c1)C/C(=C\CCN1CCC(Cc3ccccc3)CC1)[C@@H](C)CS2. The Labute approximate surface area is 181 Å². The van der Waals surface area contributed by atoms with Gasteiger partial charge in [0.15, 0.2) is 0 Å². The van der Waals surface area contributed by atoms with Crippen molar-refractivity contribution in [1.82, 2.24) is 4.90 Å². The minimum absolute atomic E-state index is 0.685. The summed E-state index contributed by atoms with van der Waals surface area (Å²) in [5, 5.41) is 0. The fourth-order valence-electron chi connectivity index (χ4n) is 4.77. The van der Waals surface area contributed by atoms with Gasteiger partial charge in [-0.05, 0) is 81.1 Å². The lowest BCUT2D eigenvalue weighted by Crippen LogP contribution is -2.34. The van der Waals surface area contributed by atoms with Gasteiger partial charge >= 0.3 is 0 Å². The average Bonchev–Trinajstić information content (AvgIpc) is 2.89. The third-order valence-electron chi connectivity index (χ3n) is 6.66. The number of fused-ring (bicyclic) bond motifs is 1. The number of benzene rings is 2. The molecule has 154 valence electrons. The lowest BCUT2D eigenvalue weighted by molar-refractivity contribution is 0.186. The van der Waals surface area contributed by atoms with Crippen LogP contribution in [0, 0.1) is 18.8 Å². The van der Waals surface area contributed by atoms with E-state index in [9.17, 15) is 0 Å². The van der Waals surface area contributed by atoms with Crippen LogP contribution in [0.2, 0.25) is 0 Å². The summed E-state index contributed by atoms with van der Waals surface area (Å²) in [7, 11) is 0. The first-order valence-electron chi connectivity index (χ1n) is 11.3. The molecule has 0 amide bonds. The summed E-state index contributed by atoms with van der Waals surface area (Å²) in [5.74, 6) is 2.77. The van der Waals surface area contributed by atoms with Crippen LogP contribution in [-0.4, -0.2) is 30.3 Å². The third-order valence-corrected chi connectivity index (χ3v) is 8.03. The van der Waals surface area contributed by atoms with Gasteiger partial charge in [-0.1, -0.05) is 66.6 Å². The minimum atomic E-state index is 0.685. The van der Waals surface area contributed by atoms with Crippen molar-refractivity contribution in [3.05, 3.63) is 76.9 Å². The fraction of sp³-hybridized carbons (Fsp3) is 0.481. The molecule has 1 atom stereocenters. The first-order valence-corrected chi connectivity index (χ1v) is 12.3. The maximum absolute atomic E-state index is 2.69. The van der Waals surface area contributed by atoms with Crippen LogP contribution in [-0.2, 0) is 12.8 Å². The van der Waals surface area contributed by atoms with Crippen molar-refractivity contribution in [1.29, 1.82) is 0 Å². The number of piperidine rings is 1. The van der Waals surface area contributed by atoms with Crippen LogP contribution >= 0.6 is 11.8 Å². The molecule has 29 heavy (non-hydrogen) atoms. The largest absolute Gasteiger partial charge is 0.303 e. The second-order valence-corrected chi connectivity index (χ2v) is 10.1. The Kier molecular flexibility index (Phi) is 7.15. The quantitative estimate of drug-likeness (QED) is 0.519. The zero-order valence-corrected chi connectivity index (χ0v) is 18.9. The van der Waals surface area contributed by atoms with Gasteiger partial charge in [-0.3, -0.25) is 0 Å². The van der Waals surface area contributed by atoms with E-state index in [0.717, 1.165) is 12.3 Å². The summed E-state index contributed by atoms with van der Waals surface area (Å²) in [6.07, 6.45) is 8.88. The summed E-state index contributed by atoms with van der Waals surface area (Å²) in [4.78, 5) is 4.18. The number of hydrogen-bond donors (Lipinski definition) is 0. The van der Waals surface area contributed by atoms with Crippen molar-refractivity contribution in [2.24, 2.45) is 11.8 Å². The highest BCUT2D eigenvalue weighted by atomic mass is 32.2. The maximum Gasteiger partial charge on any atom is 0.0108 e. The number of nitrogens with zero attached hydrogens (tertiary/aromatic N) is 1. The lowest BCUT2D eigenvalue weighted by Gasteiger charge is -2.32. The molecule has 2 heterocycles. The highest BCUT2D eigenvalue weighted by Crippen LogP contribution is 2.35. The number of hydrogen-bond acceptors (Lipinski definition) is 2. The highest BCUT2D eigenvalue weighted by Gasteiger charge is 2.20. The predicted octanol–water partition coefficient (Wildman–Crippen LogP) is 6.55. The van der Waals surface area contributed by atoms with Gasteiger partial charge < -0.3 is 4.90 Å². The summed E-state index contributed by atoms with van der Waals surface area (Å²) < 4.78 is 0. The topological polar surface area (TPSA) is 3.24 Å². The molecule has 2 aliphatic heterocycles. The molecule has 0 radical (unpaired) electrons. The lowest BCUT2D eigenvalue weighted by atomic mass is 9.90. The van der Waals surface area contributed by atoms with Crippen molar-refractivity contribution >= 4 is 11.8 Å². The summed E-state index contributed by atoms with van der Waals surface area (Å²) in [5.41, 5.74) is 6.08. The van der Waals surface area contributed by atoms with Crippen LogP contribution in [0.15, 0.2) is 65.1 Å². The van der Waals surface area contributed by atoms with E-state index in [1.807, 2.05) is 11.8 Å². The Hall–Kier alpha value is -1.51. The molecule has 0 aromatic heterocycles. The van der Waals surface area contributed by atoms with Crippen LogP contribution < -0.4 is 0 Å². The fourth-order valence-corrected chi connectivity index (χ4v) is 5.90. The minimum Gasteiger partial charge on any atom is -0.303 e. The predicted molar refractivity (Wildman–Crippen MR) is 127 cm³/mol. The second-order valence-electron chi connectivity index (χ2n) is 9.04. The van der Waals surface area contributed by atoms with Gasteiger partial charge in [0.25, 0.3) is 0 Å². The van der Waals surface area contributed by atoms with Crippen molar-refractivity contribution in [3.63, 3.8) is 0 Å². The van der Waals surface area contributed by atoms with Gasteiger partial charge in [0.05, 0.1) is 0 Å². The Balaban J connectivity index is 1.27. The number of rotatable bonds is 5. The standard InChI is InChI=1S/C27H35NS/c1-21-10-11-27-26(17-21)19-25(22(2)20-29-27)9-6-14-28-15-12-24(13-16-28)18-23-7-4-3-5-8-23/h3-5,7-11,17,22,24H,6,12-16,18-20H2,1-2H3/b25-9+/t22-/m0/s1. The van der Waals surface area contributed by atoms with E-state index in [1.54, 1.807) is 5.57 Å². The van der Waals surface area contributed by atoms with Gasteiger partial charge in [-0.15, -0.1) is 11.8 Å². The number of thioether (sulfide) groups is 1. The maximum atomic E-state index is 2.69. The Morgan fingerprint density at radius 2 is 1.86 bits per heavy atom. The highest BCUT2D eigenvalue weighted by molar-refractivity contribution is 7.99. The molecule has 4 rings (SSSR count). The van der Waals surface area contributed by atoms with E-state index in [1.165, 1.54) is 72.7 Å². The van der Waals surface area contributed by atoms with Gasteiger partial charge in [0, 0.05) is 17.2 Å². The Morgan fingerprint density at radius 3 is 2.66 bits per heavy atom. The Morgan fingerprint density at radius 1 is 1.07 bits per heavy atom. The molecule has 1 fully saturated rings. The molecule has 2 heteroatoms. The number of aryl methyl sites for hydroxylation is 1. The van der Waals surface area contributed by atoms with Crippen LogP contribution in [0.25, 0.3) is 0 Å². The van der Waals surface area contributed by atoms with Crippen molar-refractivity contribution in [2.75, 3.05) is 25.4 Å². The molecule has 0 spiro atoms. The van der Waals surface area contributed by atoms with Gasteiger partial charge in [-0.2, -0.15) is 0 Å². The van der Waals surface area contributed by atoms with E-state index in [-0.39, 0.29) is 0 Å². The zero-order chi connectivity index (χ0) is 20.1. The summed E-state index contributed by atoms with van der Waals surface area (Å²) >= 11 is 2.04. The first kappa shape index (κ1) is 20.8. The monoisotopic (exact) mass is 405 g/mol. The van der Waals surface area contributed by atoms with E-state index in [4.69, 9.17) is 0 Å². The third kappa shape index (κ3) is 5.77. The average molecular weight is 406 g/mol. The number of allylic oxidation sites excluding steroid dienone is 1. The van der Waals surface area contributed by atoms with E-state index in [0.29, 0.717) is 5.92 Å². The van der Waals surface area contributed by atoms with Crippen LogP contribution in [0.3, 0.4) is 0 Å². The smallest absolute Gasteiger partial charge is 0.0108 e. The Bertz CT molecular complexity index is 818. The van der Waals surface area contributed by atoms with E-state index in [2.05, 4.69) is 73.4 Å². The summed E-state index contributed by atoms with van der Waals surface area (Å²) in [6.45, 7) is 8.39. The molecule has 1 nitrogen and oxygen atoms in total. The zero-order valence-electron chi connectivity index (χ0n) is 18.1. The molecular weight excluding hydrogens is 370 g/mol. The first-order chi connectivity index (χ1) is 14.2. The van der Waals surface area contributed by atoms with Gasteiger partial charge in [-0.25, -0.2) is 0 Å². The van der Waals surface area contributed by atoms with Crippen molar-refractivity contribution in [3.8, 4) is 0 Å². The normalized spacial score (nSPS) is 22.4. The molecule has 2 aromatic rings. The molecule has 0 unspecified atom stereocenters. The van der Waals surface area contributed by atoms with E-state index >= 15 is 0 Å². The molecule has 0 N–H and O–H groups in total. The molecule has 2 aromatic carbocycles. The molecule has 1 saturated heterocycles. The molecular formula is C27H35NS. The van der Waals surface area contributed by atoms with Crippen LogP contribution in [0.4, 0.5) is 0 Å². The molecule has 2 aliphatic rings. The molecule has 0 aliphatic carbocycles. The van der Waals surface area contributed by atoms with Crippen LogP contribution in [0.5, 0.6) is 0 Å². The molecule has 0 bridgehead atoms.